The number of rotatable bonds is 5. The molecule has 1 heterocycles. The first kappa shape index (κ1) is 18.4. The lowest BCUT2D eigenvalue weighted by Crippen LogP contribution is -2.41. The maximum Gasteiger partial charge on any atom is 0.273 e. The Hall–Kier alpha value is -2.41. The van der Waals surface area contributed by atoms with Crippen LogP contribution in [0.3, 0.4) is 0 Å². The summed E-state index contributed by atoms with van der Waals surface area (Å²) < 4.78 is 4.10. The number of nitrogens with zero attached hydrogens (tertiary/aromatic N) is 1. The van der Waals surface area contributed by atoms with Gasteiger partial charge in [0.2, 0.25) is 0 Å². The van der Waals surface area contributed by atoms with Crippen LogP contribution in [0, 0.1) is 5.92 Å². The molecule has 1 fully saturated rings. The van der Waals surface area contributed by atoms with Gasteiger partial charge in [-0.1, -0.05) is 50.1 Å². The van der Waals surface area contributed by atoms with Crippen LogP contribution in [0.5, 0.6) is 0 Å². The highest BCUT2D eigenvalue weighted by Gasteiger charge is 2.27. The van der Waals surface area contributed by atoms with Gasteiger partial charge in [0, 0.05) is 12.6 Å². The highest BCUT2D eigenvalue weighted by atomic mass is 32.1. The predicted octanol–water partition coefficient (Wildman–Crippen LogP) is 2.96. The van der Waals surface area contributed by atoms with Crippen molar-refractivity contribution in [3.05, 3.63) is 46.5 Å². The molecule has 138 valence electrons. The van der Waals surface area contributed by atoms with E-state index in [1.165, 1.54) is 6.42 Å². The molecular weight excluding hydrogens is 348 g/mol. The lowest BCUT2D eigenvalue weighted by molar-refractivity contribution is 0.0915. The number of hydrogen-bond acceptors (Lipinski definition) is 5. The fraction of sp³-hybridized carbons (Fsp3) is 0.421. The van der Waals surface area contributed by atoms with Gasteiger partial charge in [-0.05, 0) is 35.9 Å². The van der Waals surface area contributed by atoms with E-state index in [0.717, 1.165) is 36.4 Å². The molecule has 2 amide bonds. The molecule has 26 heavy (non-hydrogen) atoms. The quantitative estimate of drug-likeness (QED) is 0.752. The maximum atomic E-state index is 12.5. The summed E-state index contributed by atoms with van der Waals surface area (Å²) in [5.74, 6) is -0.149. The summed E-state index contributed by atoms with van der Waals surface area (Å²) in [6.07, 6.45) is 4.44. The van der Waals surface area contributed by atoms with Crippen molar-refractivity contribution in [2.45, 2.75) is 45.2 Å². The van der Waals surface area contributed by atoms with E-state index in [1.807, 2.05) is 30.3 Å². The molecule has 0 unspecified atom stereocenters. The van der Waals surface area contributed by atoms with E-state index < -0.39 is 0 Å². The number of amides is 2. The van der Waals surface area contributed by atoms with Crippen LogP contribution < -0.4 is 16.4 Å². The Morgan fingerprint density at radius 2 is 1.92 bits per heavy atom. The molecule has 0 radical (unpaired) electrons. The molecule has 1 saturated carbocycles. The van der Waals surface area contributed by atoms with Crippen molar-refractivity contribution in [1.82, 2.24) is 15.0 Å². The van der Waals surface area contributed by atoms with Crippen molar-refractivity contribution < 1.29 is 9.59 Å². The van der Waals surface area contributed by atoms with E-state index in [9.17, 15) is 9.59 Å². The third-order valence-electron chi connectivity index (χ3n) is 4.87. The molecule has 1 aromatic carbocycles. The van der Waals surface area contributed by atoms with Gasteiger partial charge in [-0.2, -0.15) is 4.37 Å². The standard InChI is InChI=1S/C19H24N4O2S/c1-12-7-5-6-10-14(12)22-19(25)17-15(20)16(23-26-17)18(24)21-11-13-8-3-2-4-9-13/h2-4,8-9,12,14H,5-7,10-11,20H2,1H3,(H,21,24)(H,22,25)/t12-,14+/m1/s1. The summed E-state index contributed by atoms with van der Waals surface area (Å²) in [5, 5.41) is 5.85. The Balaban J connectivity index is 1.63. The van der Waals surface area contributed by atoms with Crippen LogP contribution in [0.1, 0.15) is 58.3 Å². The third kappa shape index (κ3) is 4.22. The van der Waals surface area contributed by atoms with Gasteiger partial charge in [0.05, 0.1) is 5.69 Å². The van der Waals surface area contributed by atoms with Gasteiger partial charge in [0.1, 0.15) is 4.88 Å². The molecule has 0 saturated heterocycles. The number of nitrogen functional groups attached to an aromatic ring is 1. The first-order valence-corrected chi connectivity index (χ1v) is 9.71. The van der Waals surface area contributed by atoms with Crippen LogP contribution in [-0.4, -0.2) is 22.2 Å². The third-order valence-corrected chi connectivity index (χ3v) is 5.73. The number of benzene rings is 1. The minimum Gasteiger partial charge on any atom is -0.395 e. The number of hydrogen-bond donors (Lipinski definition) is 3. The fourth-order valence-electron chi connectivity index (χ4n) is 3.25. The van der Waals surface area contributed by atoms with Gasteiger partial charge in [0.25, 0.3) is 11.8 Å². The second-order valence-corrected chi connectivity index (χ2v) is 7.56. The molecule has 0 aliphatic heterocycles. The van der Waals surface area contributed by atoms with Crippen molar-refractivity contribution >= 4 is 29.0 Å². The van der Waals surface area contributed by atoms with Crippen LogP contribution in [-0.2, 0) is 6.54 Å². The van der Waals surface area contributed by atoms with Crippen molar-refractivity contribution in [1.29, 1.82) is 0 Å². The first-order chi connectivity index (χ1) is 12.6. The number of anilines is 1. The smallest absolute Gasteiger partial charge is 0.273 e. The Morgan fingerprint density at radius 1 is 1.19 bits per heavy atom. The highest BCUT2D eigenvalue weighted by molar-refractivity contribution is 7.09. The second-order valence-electron chi connectivity index (χ2n) is 6.78. The Bertz CT molecular complexity index is 775. The molecule has 1 aliphatic rings. The molecule has 7 heteroatoms. The zero-order valence-corrected chi connectivity index (χ0v) is 15.6. The molecule has 1 aromatic heterocycles. The van der Waals surface area contributed by atoms with Crippen molar-refractivity contribution in [3.8, 4) is 0 Å². The minimum absolute atomic E-state index is 0.118. The van der Waals surface area contributed by atoms with E-state index in [-0.39, 0.29) is 29.2 Å². The monoisotopic (exact) mass is 372 g/mol. The predicted molar refractivity (Wildman–Crippen MR) is 103 cm³/mol. The van der Waals surface area contributed by atoms with E-state index in [1.54, 1.807) is 0 Å². The second kappa shape index (κ2) is 8.31. The van der Waals surface area contributed by atoms with Crippen molar-refractivity contribution in [3.63, 3.8) is 0 Å². The van der Waals surface area contributed by atoms with E-state index in [0.29, 0.717) is 17.3 Å². The molecule has 6 nitrogen and oxygen atoms in total. The summed E-state index contributed by atoms with van der Waals surface area (Å²) in [5.41, 5.74) is 7.30. The Labute approximate surface area is 157 Å². The molecule has 2 atom stereocenters. The Kier molecular flexibility index (Phi) is 5.88. The average Bonchev–Trinajstić information content (AvgIpc) is 3.04. The lowest BCUT2D eigenvalue weighted by Gasteiger charge is -2.29. The first-order valence-electron chi connectivity index (χ1n) is 8.94. The highest BCUT2D eigenvalue weighted by Crippen LogP contribution is 2.26. The largest absolute Gasteiger partial charge is 0.395 e. The number of nitrogens with two attached hydrogens (primary N) is 1. The molecule has 4 N–H and O–H groups in total. The van der Waals surface area contributed by atoms with Crippen molar-refractivity contribution in [2.75, 3.05) is 5.73 Å². The van der Waals surface area contributed by atoms with Gasteiger partial charge < -0.3 is 16.4 Å². The number of carbonyl (C=O) groups is 2. The fourth-order valence-corrected chi connectivity index (χ4v) is 3.95. The summed E-state index contributed by atoms with van der Waals surface area (Å²) in [7, 11) is 0. The van der Waals surface area contributed by atoms with Crippen molar-refractivity contribution in [2.24, 2.45) is 5.92 Å². The zero-order chi connectivity index (χ0) is 18.5. The molecule has 3 rings (SSSR count). The topological polar surface area (TPSA) is 97.1 Å². The molecule has 0 spiro atoms. The SMILES string of the molecule is C[C@@H]1CCCC[C@@H]1NC(=O)c1snc(C(=O)NCc2ccccc2)c1N. The number of nitrogens with one attached hydrogen (secondary N) is 2. The van der Waals surface area contributed by atoms with Crippen LogP contribution in [0.15, 0.2) is 30.3 Å². The summed E-state index contributed by atoms with van der Waals surface area (Å²) in [4.78, 5) is 25.2. The molecule has 1 aliphatic carbocycles. The van der Waals surface area contributed by atoms with Gasteiger partial charge in [-0.3, -0.25) is 9.59 Å². The van der Waals surface area contributed by atoms with Gasteiger partial charge in [-0.15, -0.1) is 0 Å². The summed E-state index contributed by atoms with van der Waals surface area (Å²) in [6.45, 7) is 2.54. The van der Waals surface area contributed by atoms with Gasteiger partial charge in [0.15, 0.2) is 5.69 Å². The van der Waals surface area contributed by atoms with E-state index in [4.69, 9.17) is 5.73 Å². The van der Waals surface area contributed by atoms with Crippen LogP contribution in [0.4, 0.5) is 5.69 Å². The average molecular weight is 372 g/mol. The van der Waals surface area contributed by atoms with Gasteiger partial charge in [-0.25, -0.2) is 0 Å². The molecular formula is C19H24N4O2S. The normalized spacial score (nSPS) is 19.7. The van der Waals surface area contributed by atoms with Gasteiger partial charge >= 0.3 is 0 Å². The van der Waals surface area contributed by atoms with E-state index >= 15 is 0 Å². The van der Waals surface area contributed by atoms with E-state index in [2.05, 4.69) is 21.9 Å². The lowest BCUT2D eigenvalue weighted by atomic mass is 9.86. The molecule has 2 aromatic rings. The van der Waals surface area contributed by atoms with Crippen LogP contribution in [0.25, 0.3) is 0 Å². The summed E-state index contributed by atoms with van der Waals surface area (Å²) >= 11 is 0.976. The summed E-state index contributed by atoms with van der Waals surface area (Å²) in [6, 6.07) is 9.75. The molecule has 0 bridgehead atoms. The number of aromatic nitrogens is 1. The zero-order valence-electron chi connectivity index (χ0n) is 14.8. The maximum absolute atomic E-state index is 12.5. The van der Waals surface area contributed by atoms with Crippen LogP contribution in [0.2, 0.25) is 0 Å². The number of carbonyl (C=O) groups excluding carboxylic acids is 2. The van der Waals surface area contributed by atoms with Crippen LogP contribution >= 0.6 is 11.5 Å². The minimum atomic E-state index is -0.368. The Morgan fingerprint density at radius 3 is 2.65 bits per heavy atom.